The van der Waals surface area contributed by atoms with Gasteiger partial charge in [-0.05, 0) is 37.8 Å². The maximum absolute atomic E-state index is 10.2. The Kier molecular flexibility index (Phi) is 6.33. The van der Waals surface area contributed by atoms with Crippen molar-refractivity contribution in [2.75, 3.05) is 26.2 Å². The lowest BCUT2D eigenvalue weighted by Gasteiger charge is -2.33. The van der Waals surface area contributed by atoms with Crippen LogP contribution < -0.4 is 5.32 Å². The molecular weight excluding hydrogens is 306 g/mol. The van der Waals surface area contributed by atoms with Crippen LogP contribution in [-0.4, -0.2) is 42.1 Å². The van der Waals surface area contributed by atoms with E-state index in [9.17, 15) is 5.11 Å². The Balaban J connectivity index is 1.99. The highest BCUT2D eigenvalue weighted by atomic mass is 35.5. The fraction of sp³-hybridized carbons (Fsp3) is 0.667. The molecule has 0 aliphatic carbocycles. The van der Waals surface area contributed by atoms with Crippen LogP contribution in [0.1, 0.15) is 37.7 Å². The predicted octanol–water partition coefficient (Wildman–Crippen LogP) is 3.13. The number of guanidine groups is 1. The highest BCUT2D eigenvalue weighted by molar-refractivity contribution is 7.16. The van der Waals surface area contributed by atoms with E-state index in [1.165, 1.54) is 24.2 Å². The van der Waals surface area contributed by atoms with Gasteiger partial charge in [-0.2, -0.15) is 0 Å². The van der Waals surface area contributed by atoms with Crippen LogP contribution in [0.3, 0.4) is 0 Å². The monoisotopic (exact) mass is 329 g/mol. The maximum atomic E-state index is 10.2. The fourth-order valence-corrected chi connectivity index (χ4v) is 3.62. The third-order valence-corrected chi connectivity index (χ3v) is 4.96. The van der Waals surface area contributed by atoms with Crippen molar-refractivity contribution in [2.45, 2.75) is 32.8 Å². The first-order valence-electron chi connectivity index (χ1n) is 7.56. The van der Waals surface area contributed by atoms with Crippen LogP contribution in [0, 0.1) is 5.92 Å². The van der Waals surface area contributed by atoms with Crippen molar-refractivity contribution in [3.05, 3.63) is 21.3 Å². The molecule has 118 valence electrons. The first-order valence-corrected chi connectivity index (χ1v) is 8.76. The molecule has 6 heteroatoms. The Bertz CT molecular complexity index is 477. The molecule has 4 nitrogen and oxygen atoms in total. The number of piperidine rings is 1. The molecule has 1 aromatic rings. The Labute approximate surface area is 135 Å². The van der Waals surface area contributed by atoms with Crippen molar-refractivity contribution in [3.63, 3.8) is 0 Å². The average Bonchev–Trinajstić information content (AvgIpc) is 2.90. The maximum Gasteiger partial charge on any atom is 0.194 e. The van der Waals surface area contributed by atoms with Crippen molar-refractivity contribution < 1.29 is 5.11 Å². The molecule has 2 heterocycles. The number of rotatable bonds is 4. The number of nitrogens with one attached hydrogen (secondary N) is 1. The second kappa shape index (κ2) is 8.01. The lowest BCUT2D eigenvalue weighted by atomic mass is 10.0. The zero-order valence-electron chi connectivity index (χ0n) is 12.7. The number of aliphatic imine (C=N–C) groups is 1. The number of thiophene rings is 1. The summed E-state index contributed by atoms with van der Waals surface area (Å²) in [5, 5.41) is 13.5. The largest absolute Gasteiger partial charge is 0.386 e. The van der Waals surface area contributed by atoms with Crippen molar-refractivity contribution in [2.24, 2.45) is 10.9 Å². The van der Waals surface area contributed by atoms with Gasteiger partial charge in [-0.1, -0.05) is 18.5 Å². The van der Waals surface area contributed by atoms with Gasteiger partial charge >= 0.3 is 0 Å². The van der Waals surface area contributed by atoms with Crippen molar-refractivity contribution in [1.82, 2.24) is 10.2 Å². The molecule has 1 saturated heterocycles. The van der Waals surface area contributed by atoms with Gasteiger partial charge in [0.2, 0.25) is 0 Å². The first kappa shape index (κ1) is 16.6. The van der Waals surface area contributed by atoms with Gasteiger partial charge in [0, 0.05) is 24.5 Å². The molecule has 0 saturated carbocycles. The Morgan fingerprint density at radius 3 is 3.05 bits per heavy atom. The van der Waals surface area contributed by atoms with Crippen LogP contribution in [0.15, 0.2) is 17.1 Å². The summed E-state index contributed by atoms with van der Waals surface area (Å²) in [6.45, 7) is 7.62. The van der Waals surface area contributed by atoms with Gasteiger partial charge in [-0.3, -0.25) is 4.99 Å². The third-order valence-electron chi connectivity index (χ3n) is 3.63. The molecule has 2 atom stereocenters. The van der Waals surface area contributed by atoms with Crippen molar-refractivity contribution in [3.8, 4) is 0 Å². The Morgan fingerprint density at radius 2 is 2.43 bits per heavy atom. The quantitative estimate of drug-likeness (QED) is 0.659. The summed E-state index contributed by atoms with van der Waals surface area (Å²) in [6, 6.07) is 3.68. The van der Waals surface area contributed by atoms with E-state index in [2.05, 4.69) is 29.1 Å². The van der Waals surface area contributed by atoms with E-state index in [4.69, 9.17) is 11.6 Å². The molecule has 0 radical (unpaired) electrons. The van der Waals surface area contributed by atoms with Crippen LogP contribution in [0.25, 0.3) is 0 Å². The van der Waals surface area contributed by atoms with E-state index < -0.39 is 6.10 Å². The highest BCUT2D eigenvalue weighted by Crippen LogP contribution is 2.27. The zero-order chi connectivity index (χ0) is 15.2. The minimum Gasteiger partial charge on any atom is -0.386 e. The smallest absolute Gasteiger partial charge is 0.194 e. The molecule has 1 aromatic heterocycles. The van der Waals surface area contributed by atoms with E-state index in [1.807, 2.05) is 12.1 Å². The predicted molar refractivity (Wildman–Crippen MR) is 90.2 cm³/mol. The molecular formula is C15H24ClN3OS. The van der Waals surface area contributed by atoms with E-state index in [0.717, 1.165) is 30.5 Å². The number of aliphatic hydroxyl groups excluding tert-OH is 1. The number of likely N-dealkylation sites (tertiary alicyclic amines) is 1. The molecule has 21 heavy (non-hydrogen) atoms. The minimum atomic E-state index is -0.585. The Hall–Kier alpha value is -0.780. The summed E-state index contributed by atoms with van der Waals surface area (Å²) < 4.78 is 0.699. The molecule has 0 bridgehead atoms. The molecule has 0 aromatic carbocycles. The Morgan fingerprint density at radius 1 is 1.62 bits per heavy atom. The van der Waals surface area contributed by atoms with Crippen LogP contribution in [0.4, 0.5) is 0 Å². The normalized spacial score (nSPS) is 21.4. The fourth-order valence-electron chi connectivity index (χ4n) is 2.58. The van der Waals surface area contributed by atoms with Crippen LogP contribution >= 0.6 is 22.9 Å². The SMILES string of the molecule is CCNC(=NCC(O)c1ccc(Cl)s1)N1CCCC(C)C1. The summed E-state index contributed by atoms with van der Waals surface area (Å²) >= 11 is 7.31. The molecule has 2 unspecified atom stereocenters. The summed E-state index contributed by atoms with van der Waals surface area (Å²) in [5.41, 5.74) is 0. The number of hydrogen-bond donors (Lipinski definition) is 2. The average molecular weight is 330 g/mol. The van der Waals surface area contributed by atoms with Gasteiger partial charge in [-0.25, -0.2) is 0 Å². The van der Waals surface area contributed by atoms with Crippen LogP contribution in [0.5, 0.6) is 0 Å². The molecule has 0 spiro atoms. The van der Waals surface area contributed by atoms with Gasteiger partial charge in [0.25, 0.3) is 0 Å². The van der Waals surface area contributed by atoms with E-state index in [1.54, 1.807) is 0 Å². The standard InChI is InChI=1S/C15H24ClN3OS/c1-3-17-15(19-8-4-5-11(2)10-19)18-9-12(20)13-6-7-14(16)21-13/h6-7,11-12,20H,3-5,8-10H2,1-2H3,(H,17,18). The number of halogens is 1. The second-order valence-corrected chi connectivity index (χ2v) is 7.29. The molecule has 1 fully saturated rings. The summed E-state index contributed by atoms with van der Waals surface area (Å²) in [5.74, 6) is 1.61. The van der Waals surface area contributed by atoms with Crippen LogP contribution in [-0.2, 0) is 0 Å². The molecule has 2 rings (SSSR count). The highest BCUT2D eigenvalue weighted by Gasteiger charge is 2.19. The number of nitrogens with zero attached hydrogens (tertiary/aromatic N) is 2. The lowest BCUT2D eigenvalue weighted by Crippen LogP contribution is -2.46. The van der Waals surface area contributed by atoms with Crippen LogP contribution in [0.2, 0.25) is 4.34 Å². The van der Waals surface area contributed by atoms with E-state index in [-0.39, 0.29) is 0 Å². The van der Waals surface area contributed by atoms with Crippen molar-refractivity contribution in [1.29, 1.82) is 0 Å². The number of aliphatic hydroxyl groups is 1. The minimum absolute atomic E-state index is 0.365. The van der Waals surface area contributed by atoms with Gasteiger partial charge in [0.15, 0.2) is 5.96 Å². The molecule has 1 aliphatic rings. The molecule has 0 amide bonds. The summed E-state index contributed by atoms with van der Waals surface area (Å²) in [6.07, 6.45) is 1.90. The number of hydrogen-bond acceptors (Lipinski definition) is 3. The zero-order valence-corrected chi connectivity index (χ0v) is 14.3. The topological polar surface area (TPSA) is 47.9 Å². The van der Waals surface area contributed by atoms with E-state index in [0.29, 0.717) is 16.8 Å². The lowest BCUT2D eigenvalue weighted by molar-refractivity contribution is 0.189. The molecule has 1 aliphatic heterocycles. The summed E-state index contributed by atoms with van der Waals surface area (Å²) in [7, 11) is 0. The van der Waals surface area contributed by atoms with Gasteiger partial charge in [-0.15, -0.1) is 11.3 Å². The summed E-state index contributed by atoms with van der Waals surface area (Å²) in [4.78, 5) is 7.77. The van der Waals surface area contributed by atoms with E-state index >= 15 is 0 Å². The molecule has 2 N–H and O–H groups in total. The van der Waals surface area contributed by atoms with Gasteiger partial charge in [0.05, 0.1) is 10.9 Å². The first-order chi connectivity index (χ1) is 10.1. The van der Waals surface area contributed by atoms with Crippen molar-refractivity contribution >= 4 is 28.9 Å². The second-order valence-electron chi connectivity index (χ2n) is 5.55. The van der Waals surface area contributed by atoms with Gasteiger partial charge in [0.1, 0.15) is 6.10 Å². The van der Waals surface area contributed by atoms with Gasteiger partial charge < -0.3 is 15.3 Å². The third kappa shape index (κ3) is 4.87.